The van der Waals surface area contributed by atoms with Gasteiger partial charge in [-0.2, -0.15) is 0 Å². The van der Waals surface area contributed by atoms with Crippen molar-refractivity contribution in [2.75, 3.05) is 19.7 Å². The van der Waals surface area contributed by atoms with Gasteiger partial charge in [-0.3, -0.25) is 4.79 Å². The minimum atomic E-state index is -1.01. The summed E-state index contributed by atoms with van der Waals surface area (Å²) in [4.78, 5) is 23.1. The van der Waals surface area contributed by atoms with E-state index in [1.165, 1.54) is 11.8 Å². The molecule has 13 heavy (non-hydrogen) atoms. The quantitative estimate of drug-likeness (QED) is 0.612. The third-order valence-electron chi connectivity index (χ3n) is 2.00. The maximum atomic E-state index is 11.0. The van der Waals surface area contributed by atoms with E-state index in [1.54, 1.807) is 0 Å². The summed E-state index contributed by atoms with van der Waals surface area (Å²) >= 11 is 0. The molecule has 1 saturated heterocycles. The van der Waals surface area contributed by atoms with Gasteiger partial charge in [0.25, 0.3) is 0 Å². The average molecular weight is 187 g/mol. The molecule has 5 heteroatoms. The topological polar surface area (TPSA) is 66.8 Å². The Morgan fingerprint density at radius 1 is 1.54 bits per heavy atom. The largest absolute Gasteiger partial charge is 0.479 e. The van der Waals surface area contributed by atoms with Crippen molar-refractivity contribution in [2.24, 2.45) is 0 Å². The molecular weight excluding hydrogens is 174 g/mol. The molecule has 74 valence electrons. The Kier molecular flexibility index (Phi) is 3.25. The van der Waals surface area contributed by atoms with E-state index < -0.39 is 12.1 Å². The monoisotopic (exact) mass is 187 g/mol. The van der Waals surface area contributed by atoms with Crippen LogP contribution in [0.2, 0.25) is 0 Å². The van der Waals surface area contributed by atoms with Gasteiger partial charge in [-0.1, -0.05) is 0 Å². The van der Waals surface area contributed by atoms with Crippen molar-refractivity contribution < 1.29 is 19.4 Å². The second-order valence-electron chi connectivity index (χ2n) is 3.02. The molecule has 0 saturated carbocycles. The minimum absolute atomic E-state index is 0.100. The first-order valence-electron chi connectivity index (χ1n) is 4.21. The zero-order valence-corrected chi connectivity index (χ0v) is 7.52. The molecule has 1 fully saturated rings. The highest BCUT2D eigenvalue weighted by Gasteiger charge is 2.25. The van der Waals surface area contributed by atoms with Gasteiger partial charge in [0, 0.05) is 20.1 Å². The molecule has 0 aromatic rings. The summed E-state index contributed by atoms with van der Waals surface area (Å²) in [6.45, 7) is 2.58. The number of carboxylic acid groups (broad SMARTS) is 1. The number of ether oxygens (including phenoxy) is 1. The lowest BCUT2D eigenvalue weighted by Gasteiger charge is -2.19. The maximum Gasteiger partial charge on any atom is 0.334 e. The van der Waals surface area contributed by atoms with Crippen LogP contribution in [0.3, 0.4) is 0 Å². The molecule has 1 heterocycles. The van der Waals surface area contributed by atoms with Crippen LogP contribution in [0.5, 0.6) is 0 Å². The van der Waals surface area contributed by atoms with Crippen molar-refractivity contribution in [3.63, 3.8) is 0 Å². The highest BCUT2D eigenvalue weighted by Crippen LogP contribution is 2.06. The summed E-state index contributed by atoms with van der Waals surface area (Å²) < 4.78 is 5.05. The Labute approximate surface area is 76.3 Å². The fourth-order valence-corrected chi connectivity index (χ4v) is 1.26. The molecule has 1 aliphatic heterocycles. The zero-order valence-electron chi connectivity index (χ0n) is 7.52. The van der Waals surface area contributed by atoms with Gasteiger partial charge >= 0.3 is 5.97 Å². The number of hydrogen-bond acceptors (Lipinski definition) is 3. The normalized spacial score (nSPS) is 23.8. The van der Waals surface area contributed by atoms with Crippen molar-refractivity contribution in [2.45, 2.75) is 19.4 Å². The van der Waals surface area contributed by atoms with Crippen molar-refractivity contribution >= 4 is 11.9 Å². The van der Waals surface area contributed by atoms with Gasteiger partial charge in [-0.05, 0) is 6.42 Å². The Hall–Kier alpha value is -1.10. The molecule has 0 aromatic heterocycles. The number of nitrogens with zero attached hydrogens (tertiary/aromatic N) is 1. The Morgan fingerprint density at radius 2 is 2.23 bits per heavy atom. The zero-order chi connectivity index (χ0) is 9.84. The summed E-state index contributed by atoms with van der Waals surface area (Å²) in [5.41, 5.74) is 0. The van der Waals surface area contributed by atoms with Crippen LogP contribution in [0.1, 0.15) is 13.3 Å². The lowest BCUT2D eigenvalue weighted by Crippen LogP contribution is -2.38. The van der Waals surface area contributed by atoms with E-state index in [0.29, 0.717) is 19.6 Å². The Balaban J connectivity index is 2.59. The van der Waals surface area contributed by atoms with Crippen molar-refractivity contribution in [3.8, 4) is 0 Å². The number of carbonyl (C=O) groups is 2. The highest BCUT2D eigenvalue weighted by atomic mass is 16.5. The minimum Gasteiger partial charge on any atom is -0.479 e. The number of amides is 1. The molecule has 1 amide bonds. The number of carboxylic acids is 1. The predicted molar refractivity (Wildman–Crippen MR) is 44.2 cm³/mol. The van der Waals surface area contributed by atoms with Gasteiger partial charge in [0.1, 0.15) is 0 Å². The first-order valence-corrected chi connectivity index (χ1v) is 4.21. The molecule has 1 rings (SSSR count). The van der Waals surface area contributed by atoms with Crippen LogP contribution in [-0.2, 0) is 14.3 Å². The molecule has 0 bridgehead atoms. The molecule has 1 N–H and O–H groups in total. The fourth-order valence-electron chi connectivity index (χ4n) is 1.26. The summed E-state index contributed by atoms with van der Waals surface area (Å²) in [5.74, 6) is -1.11. The van der Waals surface area contributed by atoms with E-state index in [1.807, 2.05) is 0 Å². The molecule has 5 nitrogen and oxygen atoms in total. The van der Waals surface area contributed by atoms with E-state index >= 15 is 0 Å². The molecule has 1 unspecified atom stereocenters. The van der Waals surface area contributed by atoms with E-state index in [-0.39, 0.29) is 12.5 Å². The van der Waals surface area contributed by atoms with Gasteiger partial charge in [0.15, 0.2) is 6.10 Å². The maximum absolute atomic E-state index is 11.0. The Morgan fingerprint density at radius 3 is 2.77 bits per heavy atom. The summed E-state index contributed by atoms with van der Waals surface area (Å²) in [7, 11) is 0. The second kappa shape index (κ2) is 4.23. The van der Waals surface area contributed by atoms with Crippen LogP contribution in [-0.4, -0.2) is 47.7 Å². The van der Waals surface area contributed by atoms with E-state index in [2.05, 4.69) is 0 Å². The average Bonchev–Trinajstić information content (AvgIpc) is 2.28. The standard InChI is InChI=1S/C8H13NO4/c1-6(10)9-3-2-4-13-7(5-9)8(11)12/h7H,2-5H2,1H3,(H,11,12). The van der Waals surface area contributed by atoms with Crippen LogP contribution in [0, 0.1) is 0 Å². The second-order valence-corrected chi connectivity index (χ2v) is 3.02. The van der Waals surface area contributed by atoms with Crippen molar-refractivity contribution in [1.29, 1.82) is 0 Å². The molecule has 0 spiro atoms. The van der Waals surface area contributed by atoms with Gasteiger partial charge in [-0.25, -0.2) is 4.79 Å². The van der Waals surface area contributed by atoms with Crippen molar-refractivity contribution in [1.82, 2.24) is 4.90 Å². The number of carbonyl (C=O) groups excluding carboxylic acids is 1. The van der Waals surface area contributed by atoms with Crippen LogP contribution in [0.4, 0.5) is 0 Å². The SMILES string of the molecule is CC(=O)N1CCCOC(C(=O)O)C1. The molecular formula is C8H13NO4. The lowest BCUT2D eigenvalue weighted by atomic mass is 10.3. The number of hydrogen-bond donors (Lipinski definition) is 1. The highest BCUT2D eigenvalue weighted by molar-refractivity contribution is 5.76. The van der Waals surface area contributed by atoms with E-state index in [4.69, 9.17) is 9.84 Å². The molecule has 0 aliphatic carbocycles. The molecule has 0 aromatic carbocycles. The molecule has 1 atom stereocenters. The molecule has 0 radical (unpaired) electrons. The smallest absolute Gasteiger partial charge is 0.334 e. The number of aliphatic carboxylic acids is 1. The number of rotatable bonds is 1. The third kappa shape index (κ3) is 2.69. The van der Waals surface area contributed by atoms with Gasteiger partial charge in [-0.15, -0.1) is 0 Å². The van der Waals surface area contributed by atoms with E-state index in [0.717, 1.165) is 0 Å². The summed E-state index contributed by atoms with van der Waals surface area (Å²) in [6.07, 6.45) is -0.171. The summed E-state index contributed by atoms with van der Waals surface area (Å²) in [5, 5.41) is 8.70. The van der Waals surface area contributed by atoms with Crippen LogP contribution in [0.25, 0.3) is 0 Å². The summed E-state index contributed by atoms with van der Waals surface area (Å²) in [6, 6.07) is 0. The van der Waals surface area contributed by atoms with Crippen LogP contribution >= 0.6 is 0 Å². The van der Waals surface area contributed by atoms with Crippen LogP contribution < -0.4 is 0 Å². The first-order chi connectivity index (χ1) is 6.11. The Bertz CT molecular complexity index is 194. The third-order valence-corrected chi connectivity index (χ3v) is 2.00. The fraction of sp³-hybridized carbons (Fsp3) is 0.750. The van der Waals surface area contributed by atoms with E-state index in [9.17, 15) is 9.59 Å². The van der Waals surface area contributed by atoms with Gasteiger partial charge in [0.2, 0.25) is 5.91 Å². The van der Waals surface area contributed by atoms with Gasteiger partial charge in [0.05, 0.1) is 6.54 Å². The van der Waals surface area contributed by atoms with Gasteiger partial charge < -0.3 is 14.7 Å². The molecule has 1 aliphatic rings. The van der Waals surface area contributed by atoms with Crippen molar-refractivity contribution in [3.05, 3.63) is 0 Å². The lowest BCUT2D eigenvalue weighted by molar-refractivity contribution is -0.151. The predicted octanol–water partition coefficient (Wildman–Crippen LogP) is -0.292. The first kappa shape index (κ1) is 9.98. The van der Waals surface area contributed by atoms with Crippen LogP contribution in [0.15, 0.2) is 0 Å².